The number of carbonyl (C=O) groups is 2. The number of carboxylic acid groups (broad SMARTS) is 1. The molecule has 1 aromatic carbocycles. The lowest BCUT2D eigenvalue weighted by Gasteiger charge is -2.36. The van der Waals surface area contributed by atoms with Crippen molar-refractivity contribution in [2.75, 3.05) is 5.75 Å². The number of carbonyl (C=O) groups excluding carboxylic acids is 1. The molecule has 2 N–H and O–H groups in total. The highest BCUT2D eigenvalue weighted by Gasteiger charge is 2.42. The Labute approximate surface area is 154 Å². The Morgan fingerprint density at radius 3 is 2.27 bits per heavy atom. The quantitative estimate of drug-likeness (QED) is 0.756. The number of sulfone groups is 1. The van der Waals surface area contributed by atoms with E-state index in [1.54, 1.807) is 31.2 Å². The third kappa shape index (κ3) is 4.84. The molecule has 0 heterocycles. The molecular weight excluding hydrogens is 354 g/mol. The third-order valence-electron chi connectivity index (χ3n) is 5.22. The van der Waals surface area contributed by atoms with Crippen LogP contribution < -0.4 is 5.32 Å². The molecule has 0 aliphatic heterocycles. The number of hydrogen-bond donors (Lipinski definition) is 2. The zero-order valence-electron chi connectivity index (χ0n) is 15.3. The van der Waals surface area contributed by atoms with Crippen molar-refractivity contribution < 1.29 is 23.1 Å². The van der Waals surface area contributed by atoms with Crippen molar-refractivity contribution in [3.63, 3.8) is 0 Å². The van der Waals surface area contributed by atoms with Gasteiger partial charge in [-0.15, -0.1) is 0 Å². The Morgan fingerprint density at radius 2 is 1.77 bits per heavy atom. The Balaban J connectivity index is 1.95. The van der Waals surface area contributed by atoms with Crippen molar-refractivity contribution in [2.45, 2.75) is 62.8 Å². The molecule has 2 rings (SSSR count). The number of aliphatic carboxylic acids is 1. The SMILES string of the molecule is CCS(=O)(=O)c1ccc(CCC(=O)NC2(C(=O)O)CCC(C)CC2)cc1. The fourth-order valence-corrected chi connectivity index (χ4v) is 4.15. The maximum atomic E-state index is 12.3. The zero-order chi connectivity index (χ0) is 19.4. The second-order valence-corrected chi connectivity index (χ2v) is 9.44. The fraction of sp³-hybridized carbons (Fsp3) is 0.579. The monoisotopic (exact) mass is 381 g/mol. The summed E-state index contributed by atoms with van der Waals surface area (Å²) in [5.41, 5.74) is -0.306. The number of amides is 1. The second kappa shape index (κ2) is 8.20. The Kier molecular flexibility index (Phi) is 6.44. The van der Waals surface area contributed by atoms with E-state index in [0.717, 1.165) is 18.4 Å². The molecule has 0 saturated heterocycles. The van der Waals surface area contributed by atoms with E-state index in [0.29, 0.717) is 25.2 Å². The smallest absolute Gasteiger partial charge is 0.329 e. The lowest BCUT2D eigenvalue weighted by molar-refractivity contribution is -0.149. The minimum Gasteiger partial charge on any atom is -0.480 e. The van der Waals surface area contributed by atoms with Gasteiger partial charge in [0.15, 0.2) is 9.84 Å². The molecule has 1 saturated carbocycles. The van der Waals surface area contributed by atoms with Gasteiger partial charge in [-0.2, -0.15) is 0 Å². The molecule has 0 atom stereocenters. The molecule has 1 fully saturated rings. The van der Waals surface area contributed by atoms with E-state index in [1.165, 1.54) is 0 Å². The molecular formula is C19H27NO5S. The van der Waals surface area contributed by atoms with Crippen molar-refractivity contribution >= 4 is 21.7 Å². The van der Waals surface area contributed by atoms with Crippen molar-refractivity contribution in [3.8, 4) is 0 Å². The molecule has 7 heteroatoms. The summed E-state index contributed by atoms with van der Waals surface area (Å²) >= 11 is 0. The van der Waals surface area contributed by atoms with Crippen molar-refractivity contribution in [1.82, 2.24) is 5.32 Å². The highest BCUT2D eigenvalue weighted by molar-refractivity contribution is 7.91. The van der Waals surface area contributed by atoms with E-state index in [-0.39, 0.29) is 23.0 Å². The van der Waals surface area contributed by atoms with E-state index in [9.17, 15) is 23.1 Å². The molecule has 0 spiro atoms. The molecule has 6 nitrogen and oxygen atoms in total. The van der Waals surface area contributed by atoms with Gasteiger partial charge in [-0.25, -0.2) is 13.2 Å². The van der Waals surface area contributed by atoms with Gasteiger partial charge in [-0.05, 0) is 55.7 Å². The lowest BCUT2D eigenvalue weighted by atomic mass is 9.77. The minimum atomic E-state index is -3.23. The van der Waals surface area contributed by atoms with Crippen LogP contribution in [-0.2, 0) is 25.8 Å². The van der Waals surface area contributed by atoms with Gasteiger partial charge in [0.25, 0.3) is 0 Å². The molecule has 0 unspecified atom stereocenters. The van der Waals surface area contributed by atoms with Crippen LogP contribution in [0.25, 0.3) is 0 Å². The van der Waals surface area contributed by atoms with E-state index in [4.69, 9.17) is 0 Å². The van der Waals surface area contributed by atoms with Crippen LogP contribution in [0.3, 0.4) is 0 Å². The molecule has 1 amide bonds. The van der Waals surface area contributed by atoms with Crippen molar-refractivity contribution in [2.24, 2.45) is 5.92 Å². The molecule has 1 aromatic rings. The van der Waals surface area contributed by atoms with Crippen molar-refractivity contribution in [3.05, 3.63) is 29.8 Å². The first-order valence-electron chi connectivity index (χ1n) is 9.04. The molecule has 0 radical (unpaired) electrons. The zero-order valence-corrected chi connectivity index (χ0v) is 16.1. The highest BCUT2D eigenvalue weighted by atomic mass is 32.2. The number of benzene rings is 1. The maximum Gasteiger partial charge on any atom is 0.329 e. The van der Waals surface area contributed by atoms with E-state index < -0.39 is 21.3 Å². The van der Waals surface area contributed by atoms with Crippen LogP contribution in [0.15, 0.2) is 29.2 Å². The van der Waals surface area contributed by atoms with Crippen LogP contribution in [0.4, 0.5) is 0 Å². The molecule has 0 bridgehead atoms. The molecule has 26 heavy (non-hydrogen) atoms. The fourth-order valence-electron chi connectivity index (χ4n) is 3.26. The average molecular weight is 381 g/mol. The van der Waals surface area contributed by atoms with Gasteiger partial charge < -0.3 is 10.4 Å². The molecule has 1 aliphatic rings. The number of rotatable bonds is 7. The Morgan fingerprint density at radius 1 is 1.19 bits per heavy atom. The molecule has 144 valence electrons. The molecule has 0 aromatic heterocycles. The number of hydrogen-bond acceptors (Lipinski definition) is 4. The summed E-state index contributed by atoms with van der Waals surface area (Å²) in [7, 11) is -3.23. The first kappa shape index (κ1) is 20.4. The second-order valence-electron chi connectivity index (χ2n) is 7.17. The predicted octanol–water partition coefficient (Wildman–Crippen LogP) is 2.56. The Hall–Kier alpha value is -1.89. The van der Waals surface area contributed by atoms with Gasteiger partial charge in [-0.1, -0.05) is 26.0 Å². The number of aryl methyl sites for hydroxylation is 1. The van der Waals surface area contributed by atoms with E-state index in [2.05, 4.69) is 12.2 Å². The lowest BCUT2D eigenvalue weighted by Crippen LogP contribution is -2.56. The third-order valence-corrected chi connectivity index (χ3v) is 6.97. The van der Waals surface area contributed by atoms with Crippen LogP contribution in [0.5, 0.6) is 0 Å². The van der Waals surface area contributed by atoms with Gasteiger partial charge in [0.2, 0.25) is 5.91 Å². The minimum absolute atomic E-state index is 0.0463. The predicted molar refractivity (Wildman–Crippen MR) is 98.6 cm³/mol. The topological polar surface area (TPSA) is 101 Å². The maximum absolute atomic E-state index is 12.3. The van der Waals surface area contributed by atoms with Crippen LogP contribution in [0.2, 0.25) is 0 Å². The number of carboxylic acids is 1. The van der Waals surface area contributed by atoms with E-state index >= 15 is 0 Å². The van der Waals surface area contributed by atoms with Gasteiger partial charge in [-0.3, -0.25) is 4.79 Å². The van der Waals surface area contributed by atoms with Crippen LogP contribution in [-0.4, -0.2) is 36.7 Å². The largest absolute Gasteiger partial charge is 0.480 e. The van der Waals surface area contributed by atoms with Gasteiger partial charge in [0, 0.05) is 6.42 Å². The Bertz CT molecular complexity index is 747. The summed E-state index contributed by atoms with van der Waals surface area (Å²) in [6.07, 6.45) is 3.10. The number of nitrogens with one attached hydrogen (secondary N) is 1. The first-order valence-corrected chi connectivity index (χ1v) is 10.7. The van der Waals surface area contributed by atoms with E-state index in [1.807, 2.05) is 0 Å². The standard InChI is InChI=1S/C19H27NO5S/c1-3-26(24,25)16-7-4-15(5-8-16)6-9-17(21)20-19(18(22)23)12-10-14(2)11-13-19/h4-5,7-8,14H,3,6,9-13H2,1-2H3,(H,20,21)(H,22,23). The average Bonchev–Trinajstić information content (AvgIpc) is 2.62. The van der Waals surface area contributed by atoms with Crippen LogP contribution in [0.1, 0.15) is 51.5 Å². The van der Waals surface area contributed by atoms with Gasteiger partial charge >= 0.3 is 5.97 Å². The van der Waals surface area contributed by atoms with Gasteiger partial charge in [0.05, 0.1) is 10.6 Å². The van der Waals surface area contributed by atoms with Crippen LogP contribution >= 0.6 is 0 Å². The highest BCUT2D eigenvalue weighted by Crippen LogP contribution is 2.32. The first-order chi connectivity index (χ1) is 12.2. The summed E-state index contributed by atoms with van der Waals surface area (Å²) in [5.74, 6) is -0.721. The summed E-state index contributed by atoms with van der Waals surface area (Å²) < 4.78 is 23.6. The van der Waals surface area contributed by atoms with Crippen LogP contribution in [0, 0.1) is 5.92 Å². The molecule has 1 aliphatic carbocycles. The van der Waals surface area contributed by atoms with Gasteiger partial charge in [0.1, 0.15) is 5.54 Å². The van der Waals surface area contributed by atoms with Crippen molar-refractivity contribution in [1.29, 1.82) is 0 Å². The normalized spacial score (nSPS) is 23.4. The summed E-state index contributed by atoms with van der Waals surface area (Å²) in [4.78, 5) is 24.2. The summed E-state index contributed by atoms with van der Waals surface area (Å²) in [6.45, 7) is 3.69. The summed E-state index contributed by atoms with van der Waals surface area (Å²) in [6, 6.07) is 6.50. The summed E-state index contributed by atoms with van der Waals surface area (Å²) in [5, 5.41) is 12.3.